The van der Waals surface area contributed by atoms with Gasteiger partial charge in [-0.2, -0.15) is 13.2 Å². The van der Waals surface area contributed by atoms with Crippen LogP contribution in [0.2, 0.25) is 0 Å². The molecule has 12 aromatic rings. The summed E-state index contributed by atoms with van der Waals surface area (Å²) >= 11 is 0. The minimum atomic E-state index is -4.75. The van der Waals surface area contributed by atoms with Crippen LogP contribution in [0.25, 0.3) is 117 Å². The van der Waals surface area contributed by atoms with Crippen LogP contribution >= 0.6 is 0 Å². The highest BCUT2D eigenvalue weighted by Gasteiger charge is 2.33. The maximum atomic E-state index is 15.3. The highest BCUT2D eigenvalue weighted by molar-refractivity contribution is 6.14. The Morgan fingerprint density at radius 3 is 1.03 bits per heavy atom. The number of alkyl halides is 3. The van der Waals surface area contributed by atoms with Crippen LogP contribution in [0, 0.1) is 62.0 Å². The molecular formula is C58H42F3N15. The Morgan fingerprint density at radius 2 is 0.711 bits per heavy atom. The molecule has 0 atom stereocenters. The van der Waals surface area contributed by atoms with Crippen molar-refractivity contribution in [2.45, 2.75) is 61.6 Å². The second-order valence-corrected chi connectivity index (χ2v) is 18.6. The molecule has 0 N–H and O–H groups in total. The van der Waals surface area contributed by atoms with Crippen molar-refractivity contribution in [3.8, 4) is 68.1 Å². The molecule has 0 aliphatic heterocycles. The Balaban J connectivity index is 1.16. The quantitative estimate of drug-likeness (QED) is 0.139. The van der Waals surface area contributed by atoms with Gasteiger partial charge >= 0.3 is 6.18 Å². The van der Waals surface area contributed by atoms with Gasteiger partial charge in [-0.15, -0.1) is 0 Å². The van der Waals surface area contributed by atoms with Crippen LogP contribution in [0.15, 0.2) is 109 Å². The van der Waals surface area contributed by atoms with Crippen molar-refractivity contribution in [1.82, 2.24) is 68.9 Å². The van der Waals surface area contributed by atoms with Crippen LogP contribution in [0.4, 0.5) is 18.9 Å². The Hall–Kier alpha value is -9.76. The second kappa shape index (κ2) is 17.7. The van der Waals surface area contributed by atoms with E-state index >= 15 is 13.2 Å². The van der Waals surface area contributed by atoms with E-state index in [9.17, 15) is 0 Å². The van der Waals surface area contributed by atoms with E-state index in [1.807, 2.05) is 116 Å². The zero-order chi connectivity index (χ0) is 52.9. The standard InChI is InChI=1S/C58H42F3N15/c1-28-63-29(2)68-54(67-28)36-13-18-47-41(23-36)42-24-37(55-69-30(3)64-31(4)70-55)14-19-48(42)75(47)51-22-17-40(58(59,60)61)27-45(51)53-46(62-9)11-10-12-52(53)76-49-20-15-38(56-71-32(5)65-33(6)72-56)25-43(49)44-26-39(16-21-50(44)76)57-73-34(7)66-35(8)74-57/h10-27H,1-8H3. The summed E-state index contributed by atoms with van der Waals surface area (Å²) in [5, 5.41) is 3.10. The van der Waals surface area contributed by atoms with Gasteiger partial charge in [0.2, 0.25) is 0 Å². The van der Waals surface area contributed by atoms with Crippen molar-refractivity contribution in [2.75, 3.05) is 0 Å². The lowest BCUT2D eigenvalue weighted by Gasteiger charge is -2.21. The second-order valence-electron chi connectivity index (χ2n) is 18.6. The molecule has 12 rings (SSSR count). The van der Waals surface area contributed by atoms with E-state index in [1.54, 1.807) is 39.8 Å². The summed E-state index contributed by atoms with van der Waals surface area (Å²) in [6.07, 6.45) is -4.75. The van der Waals surface area contributed by atoms with Crippen LogP contribution < -0.4 is 0 Å². The summed E-state index contributed by atoms with van der Waals surface area (Å²) in [5.41, 5.74) is 6.24. The Labute approximate surface area is 432 Å². The molecule has 6 heterocycles. The smallest absolute Gasteiger partial charge is 0.310 e. The number of nitrogens with zero attached hydrogens (tertiary/aromatic N) is 15. The van der Waals surface area contributed by atoms with Crippen molar-refractivity contribution >= 4 is 49.3 Å². The number of aromatic nitrogens is 14. The predicted octanol–water partition coefficient (Wildman–Crippen LogP) is 13.0. The highest BCUT2D eigenvalue weighted by Crippen LogP contribution is 2.47. The van der Waals surface area contributed by atoms with Crippen LogP contribution in [0.5, 0.6) is 0 Å². The van der Waals surface area contributed by atoms with Crippen molar-refractivity contribution in [3.63, 3.8) is 0 Å². The van der Waals surface area contributed by atoms with Gasteiger partial charge in [-0.1, -0.05) is 12.1 Å². The first-order chi connectivity index (χ1) is 36.5. The number of aryl methyl sites for hydroxylation is 8. The number of fused-ring (bicyclic) bond motifs is 6. The van der Waals surface area contributed by atoms with Crippen LogP contribution in [0.3, 0.4) is 0 Å². The Bertz CT molecular complexity index is 4180. The molecule has 6 aromatic heterocycles. The molecule has 0 fully saturated rings. The molecule has 18 heteroatoms. The van der Waals surface area contributed by atoms with Gasteiger partial charge in [0, 0.05) is 55.0 Å². The summed E-state index contributed by atoms with van der Waals surface area (Å²) in [7, 11) is 0. The van der Waals surface area contributed by atoms with Gasteiger partial charge in [-0.05, 0) is 158 Å². The highest BCUT2D eigenvalue weighted by atomic mass is 19.4. The minimum absolute atomic E-state index is 0.139. The van der Waals surface area contributed by atoms with Gasteiger partial charge in [-0.3, -0.25) is 0 Å². The zero-order valence-corrected chi connectivity index (χ0v) is 42.2. The first-order valence-electron chi connectivity index (χ1n) is 24.2. The molecule has 0 spiro atoms. The average molecular weight is 1010 g/mol. The Kier molecular flexibility index (Phi) is 11.0. The number of benzene rings is 6. The van der Waals surface area contributed by atoms with Gasteiger partial charge in [0.25, 0.3) is 0 Å². The number of rotatable bonds is 7. The molecule has 76 heavy (non-hydrogen) atoms. The van der Waals surface area contributed by atoms with E-state index < -0.39 is 11.7 Å². The number of hydrogen-bond acceptors (Lipinski definition) is 12. The molecule has 0 saturated heterocycles. The number of halogens is 3. The molecule has 0 saturated carbocycles. The van der Waals surface area contributed by atoms with E-state index in [1.165, 1.54) is 6.07 Å². The SMILES string of the molecule is [C-]#[N+]c1cccc(-n2c3ccc(-c4nc(C)nc(C)n4)cc3c3cc(-c4nc(C)nc(C)n4)ccc32)c1-c1cc(C(F)(F)F)ccc1-n1c2ccc(-c3nc(C)nc(C)n3)cc2c2cc(-c3nc(C)nc(C)n3)ccc21. The van der Waals surface area contributed by atoms with Crippen molar-refractivity contribution < 1.29 is 13.2 Å². The molecule has 0 amide bonds. The lowest BCUT2D eigenvalue weighted by Crippen LogP contribution is -2.08. The average Bonchev–Trinajstić information content (AvgIpc) is 3.88. The molecule has 0 aliphatic carbocycles. The lowest BCUT2D eigenvalue weighted by molar-refractivity contribution is -0.137. The summed E-state index contributed by atoms with van der Waals surface area (Å²) < 4.78 is 49.8. The maximum absolute atomic E-state index is 15.3. The van der Waals surface area contributed by atoms with Crippen molar-refractivity contribution in [3.05, 3.63) is 173 Å². The normalized spacial score (nSPS) is 11.9. The molecular weight excluding hydrogens is 964 g/mol. The zero-order valence-electron chi connectivity index (χ0n) is 42.2. The van der Waals surface area contributed by atoms with Crippen molar-refractivity contribution in [1.29, 1.82) is 0 Å². The largest absolute Gasteiger partial charge is 0.416 e. The summed E-state index contributed by atoms with van der Waals surface area (Å²) in [6.45, 7) is 23.1. The Morgan fingerprint density at radius 1 is 0.382 bits per heavy atom. The van der Waals surface area contributed by atoms with Crippen LogP contribution in [-0.4, -0.2) is 68.9 Å². The van der Waals surface area contributed by atoms with Gasteiger partial charge in [-0.25, -0.2) is 64.7 Å². The van der Waals surface area contributed by atoms with E-state index in [0.29, 0.717) is 114 Å². The first kappa shape index (κ1) is 47.3. The van der Waals surface area contributed by atoms with E-state index in [2.05, 4.69) is 64.7 Å². The molecule has 0 aliphatic rings. The van der Waals surface area contributed by atoms with Crippen LogP contribution in [0.1, 0.15) is 52.2 Å². The molecule has 15 nitrogen and oxygen atoms in total. The summed E-state index contributed by atoms with van der Waals surface area (Å²) in [5.74, 6) is 6.41. The predicted molar refractivity (Wildman–Crippen MR) is 285 cm³/mol. The fraction of sp³-hybridized carbons (Fsp3) is 0.155. The summed E-state index contributed by atoms with van der Waals surface area (Å²) in [4.78, 5) is 59.0. The first-order valence-corrected chi connectivity index (χ1v) is 24.2. The third-order valence-electron chi connectivity index (χ3n) is 13.2. The maximum Gasteiger partial charge on any atom is 0.416 e. The lowest BCUT2D eigenvalue weighted by atomic mass is 9.96. The van der Waals surface area contributed by atoms with Gasteiger partial charge in [0.05, 0.1) is 39.9 Å². The third kappa shape index (κ3) is 8.18. The van der Waals surface area contributed by atoms with Crippen molar-refractivity contribution in [2.24, 2.45) is 0 Å². The third-order valence-corrected chi connectivity index (χ3v) is 13.2. The van der Waals surface area contributed by atoms with Crippen LogP contribution in [-0.2, 0) is 6.18 Å². The fourth-order valence-electron chi connectivity index (χ4n) is 10.3. The van der Waals surface area contributed by atoms with Gasteiger partial charge in [0.1, 0.15) is 46.6 Å². The van der Waals surface area contributed by atoms with E-state index in [0.717, 1.165) is 44.8 Å². The molecule has 0 unspecified atom stereocenters. The number of hydrogen-bond donors (Lipinski definition) is 0. The van der Waals surface area contributed by atoms with E-state index in [4.69, 9.17) is 6.57 Å². The molecule has 0 radical (unpaired) electrons. The molecule has 370 valence electrons. The molecule has 6 aromatic carbocycles. The van der Waals surface area contributed by atoms with Gasteiger partial charge < -0.3 is 9.13 Å². The summed E-state index contributed by atoms with van der Waals surface area (Å²) in [6, 6.07) is 32.3. The monoisotopic (exact) mass is 1010 g/mol. The van der Waals surface area contributed by atoms with Gasteiger partial charge in [0.15, 0.2) is 29.0 Å². The molecule has 0 bridgehead atoms. The topological polar surface area (TPSA) is 169 Å². The fourth-order valence-corrected chi connectivity index (χ4v) is 10.3. The van der Waals surface area contributed by atoms with E-state index in [-0.39, 0.29) is 16.8 Å². The minimum Gasteiger partial charge on any atom is -0.310 e.